The van der Waals surface area contributed by atoms with Gasteiger partial charge in [-0.15, -0.1) is 0 Å². The van der Waals surface area contributed by atoms with E-state index in [1.165, 1.54) is 5.56 Å². The van der Waals surface area contributed by atoms with Gasteiger partial charge in [-0.1, -0.05) is 30.3 Å². The second-order valence-corrected chi connectivity index (χ2v) is 4.36. The second-order valence-electron chi connectivity index (χ2n) is 4.36. The van der Waals surface area contributed by atoms with Crippen LogP contribution in [0.2, 0.25) is 0 Å². The van der Waals surface area contributed by atoms with Crippen LogP contribution in [0.15, 0.2) is 59.0 Å². The molecular formula is C16H14O2. The summed E-state index contributed by atoms with van der Waals surface area (Å²) in [7, 11) is 0. The van der Waals surface area contributed by atoms with Gasteiger partial charge in [0.15, 0.2) is 0 Å². The highest BCUT2D eigenvalue weighted by Gasteiger charge is 2.04. The molecule has 2 nitrogen and oxygen atoms in total. The topological polar surface area (TPSA) is 22.4 Å². The number of fused-ring (bicyclic) bond motifs is 1. The lowest BCUT2D eigenvalue weighted by Gasteiger charge is -2.02. The number of benzene rings is 2. The first kappa shape index (κ1) is 10.9. The van der Waals surface area contributed by atoms with Crippen molar-refractivity contribution in [2.24, 2.45) is 0 Å². The fourth-order valence-corrected chi connectivity index (χ4v) is 1.94. The molecule has 0 aliphatic rings. The zero-order valence-electron chi connectivity index (χ0n) is 10.2. The molecule has 0 radical (unpaired) electrons. The Kier molecular flexibility index (Phi) is 2.77. The van der Waals surface area contributed by atoms with Crippen LogP contribution in [0.5, 0.6) is 5.75 Å². The molecule has 0 aliphatic heterocycles. The lowest BCUT2D eigenvalue weighted by molar-refractivity contribution is 0.274. The molecule has 0 unspecified atom stereocenters. The van der Waals surface area contributed by atoms with E-state index in [-0.39, 0.29) is 0 Å². The average Bonchev–Trinajstić information content (AvgIpc) is 2.79. The largest absolute Gasteiger partial charge is 0.486 e. The highest BCUT2D eigenvalue weighted by molar-refractivity contribution is 5.78. The quantitative estimate of drug-likeness (QED) is 0.678. The van der Waals surface area contributed by atoms with Gasteiger partial charge in [-0.2, -0.15) is 0 Å². The molecule has 0 aliphatic carbocycles. The first-order valence-electron chi connectivity index (χ1n) is 5.98. The first-order valence-corrected chi connectivity index (χ1v) is 5.98. The van der Waals surface area contributed by atoms with Gasteiger partial charge in [-0.25, -0.2) is 0 Å². The monoisotopic (exact) mass is 238 g/mol. The molecule has 0 N–H and O–H groups in total. The Morgan fingerprint density at radius 1 is 1.00 bits per heavy atom. The van der Waals surface area contributed by atoms with Crippen molar-refractivity contribution in [2.45, 2.75) is 13.5 Å². The Morgan fingerprint density at radius 3 is 2.67 bits per heavy atom. The molecule has 0 atom stereocenters. The molecule has 90 valence electrons. The third kappa shape index (κ3) is 2.23. The summed E-state index contributed by atoms with van der Waals surface area (Å²) < 4.78 is 11.4. The highest BCUT2D eigenvalue weighted by atomic mass is 16.5. The van der Waals surface area contributed by atoms with E-state index in [1.807, 2.05) is 42.5 Å². The first-order chi connectivity index (χ1) is 8.81. The molecule has 1 aromatic heterocycles. The van der Waals surface area contributed by atoms with Gasteiger partial charge in [0.2, 0.25) is 0 Å². The molecule has 2 aromatic carbocycles. The standard InChI is InChI=1S/C16H14O2/c1-12-7-8-13-10-15(18-16(13)9-12)11-17-14-5-3-2-4-6-14/h2-10H,11H2,1H3. The van der Waals surface area contributed by atoms with Crippen molar-refractivity contribution in [1.82, 2.24) is 0 Å². The molecular weight excluding hydrogens is 224 g/mol. The van der Waals surface area contributed by atoms with E-state index in [1.54, 1.807) is 0 Å². The fourth-order valence-electron chi connectivity index (χ4n) is 1.94. The minimum absolute atomic E-state index is 0.456. The molecule has 18 heavy (non-hydrogen) atoms. The van der Waals surface area contributed by atoms with Crippen LogP contribution in [0.25, 0.3) is 11.0 Å². The number of rotatable bonds is 3. The maximum atomic E-state index is 5.75. The van der Waals surface area contributed by atoms with Crippen LogP contribution in [0.3, 0.4) is 0 Å². The van der Waals surface area contributed by atoms with Crippen molar-refractivity contribution >= 4 is 11.0 Å². The third-order valence-electron chi connectivity index (χ3n) is 2.85. The predicted molar refractivity (Wildman–Crippen MR) is 71.7 cm³/mol. The van der Waals surface area contributed by atoms with E-state index in [0.29, 0.717) is 6.61 Å². The Morgan fingerprint density at radius 2 is 1.83 bits per heavy atom. The van der Waals surface area contributed by atoms with Crippen molar-refractivity contribution in [1.29, 1.82) is 0 Å². The lowest BCUT2D eigenvalue weighted by Crippen LogP contribution is -1.92. The van der Waals surface area contributed by atoms with Gasteiger partial charge in [0, 0.05) is 5.39 Å². The number of para-hydroxylation sites is 1. The lowest BCUT2D eigenvalue weighted by atomic mass is 10.2. The number of hydrogen-bond acceptors (Lipinski definition) is 2. The molecule has 1 heterocycles. The van der Waals surface area contributed by atoms with Gasteiger partial charge in [0.1, 0.15) is 23.7 Å². The summed E-state index contributed by atoms with van der Waals surface area (Å²) in [5.41, 5.74) is 2.12. The molecule has 0 bridgehead atoms. The maximum absolute atomic E-state index is 5.75. The molecule has 3 aromatic rings. The SMILES string of the molecule is Cc1ccc2cc(COc3ccccc3)oc2c1. The summed E-state index contributed by atoms with van der Waals surface area (Å²) >= 11 is 0. The van der Waals surface area contributed by atoms with Crippen molar-refractivity contribution in [3.8, 4) is 5.75 Å². The Hall–Kier alpha value is -2.22. The minimum atomic E-state index is 0.456. The normalized spacial score (nSPS) is 10.7. The summed E-state index contributed by atoms with van der Waals surface area (Å²) in [4.78, 5) is 0. The minimum Gasteiger partial charge on any atom is -0.486 e. The number of hydrogen-bond donors (Lipinski definition) is 0. The summed E-state index contributed by atoms with van der Waals surface area (Å²) in [5.74, 6) is 1.70. The van der Waals surface area contributed by atoms with Crippen LogP contribution in [0, 0.1) is 6.92 Å². The van der Waals surface area contributed by atoms with Crippen LogP contribution in [-0.2, 0) is 6.61 Å². The van der Waals surface area contributed by atoms with Gasteiger partial charge < -0.3 is 9.15 Å². The smallest absolute Gasteiger partial charge is 0.146 e. The van der Waals surface area contributed by atoms with Gasteiger partial charge in [-0.05, 0) is 36.8 Å². The summed E-state index contributed by atoms with van der Waals surface area (Å²) in [6.07, 6.45) is 0. The number of ether oxygens (including phenoxy) is 1. The van der Waals surface area contributed by atoms with E-state index in [4.69, 9.17) is 9.15 Å². The third-order valence-corrected chi connectivity index (χ3v) is 2.85. The number of furan rings is 1. The summed E-state index contributed by atoms with van der Waals surface area (Å²) in [5, 5.41) is 1.12. The fraction of sp³-hybridized carbons (Fsp3) is 0.125. The summed E-state index contributed by atoms with van der Waals surface area (Å²) in [6, 6.07) is 18.0. The van der Waals surface area contributed by atoms with Crippen molar-refractivity contribution in [3.05, 3.63) is 65.9 Å². The Bertz CT molecular complexity index is 653. The Balaban J connectivity index is 1.79. The molecule has 0 fully saturated rings. The molecule has 0 amide bonds. The zero-order valence-corrected chi connectivity index (χ0v) is 10.2. The van der Waals surface area contributed by atoms with Crippen LogP contribution in [0.1, 0.15) is 11.3 Å². The molecule has 0 spiro atoms. The van der Waals surface area contributed by atoms with E-state index >= 15 is 0 Å². The van der Waals surface area contributed by atoms with E-state index < -0.39 is 0 Å². The van der Waals surface area contributed by atoms with Crippen molar-refractivity contribution in [3.63, 3.8) is 0 Å². The molecule has 0 saturated carbocycles. The maximum Gasteiger partial charge on any atom is 0.146 e. The van der Waals surface area contributed by atoms with Crippen molar-refractivity contribution < 1.29 is 9.15 Å². The van der Waals surface area contributed by atoms with Gasteiger partial charge in [-0.3, -0.25) is 0 Å². The van der Waals surface area contributed by atoms with Crippen LogP contribution < -0.4 is 4.74 Å². The van der Waals surface area contributed by atoms with Crippen molar-refractivity contribution in [2.75, 3.05) is 0 Å². The van der Waals surface area contributed by atoms with E-state index in [0.717, 1.165) is 22.5 Å². The predicted octanol–water partition coefficient (Wildman–Crippen LogP) is 4.32. The second kappa shape index (κ2) is 4.57. The van der Waals surface area contributed by atoms with Crippen LogP contribution >= 0.6 is 0 Å². The van der Waals surface area contributed by atoms with Crippen LogP contribution in [0.4, 0.5) is 0 Å². The van der Waals surface area contributed by atoms with Gasteiger partial charge >= 0.3 is 0 Å². The molecule has 2 heteroatoms. The molecule has 3 rings (SSSR count). The van der Waals surface area contributed by atoms with Crippen LogP contribution in [-0.4, -0.2) is 0 Å². The zero-order chi connectivity index (χ0) is 12.4. The van der Waals surface area contributed by atoms with E-state index in [9.17, 15) is 0 Å². The van der Waals surface area contributed by atoms with Gasteiger partial charge in [0.25, 0.3) is 0 Å². The van der Waals surface area contributed by atoms with Gasteiger partial charge in [0.05, 0.1) is 0 Å². The average molecular weight is 238 g/mol. The number of aryl methyl sites for hydroxylation is 1. The van der Waals surface area contributed by atoms with E-state index in [2.05, 4.69) is 19.1 Å². The highest BCUT2D eigenvalue weighted by Crippen LogP contribution is 2.21. The Labute approximate surface area is 106 Å². The summed E-state index contributed by atoms with van der Waals surface area (Å²) in [6.45, 7) is 2.51. The molecule has 0 saturated heterocycles.